The average molecular weight is 391 g/mol. The van der Waals surface area contributed by atoms with Gasteiger partial charge in [-0.2, -0.15) is 0 Å². The zero-order valence-corrected chi connectivity index (χ0v) is 15.0. The Hall–Kier alpha value is -1.67. The maximum absolute atomic E-state index is 11.8. The molecule has 25 heavy (non-hydrogen) atoms. The van der Waals surface area contributed by atoms with E-state index in [2.05, 4.69) is 4.74 Å². The molecule has 2 N–H and O–H groups in total. The van der Waals surface area contributed by atoms with E-state index in [1.165, 1.54) is 17.2 Å². The number of nitrogens with two attached hydrogens (primary N) is 1. The largest absolute Gasteiger partial charge is 0.388 e. The first kappa shape index (κ1) is 21.4. The van der Waals surface area contributed by atoms with Gasteiger partial charge in [-0.15, -0.1) is 28.3 Å². The molecule has 0 aliphatic heterocycles. The van der Waals surface area contributed by atoms with Gasteiger partial charge in [-0.3, -0.25) is 4.79 Å². The number of carbonyl (C=O) groups is 3. The normalized spacial score (nSPS) is 11.8. The first-order valence-corrected chi connectivity index (χ1v) is 8.69. The third kappa shape index (κ3) is 8.31. The molecule has 0 spiro atoms. The molecule has 1 rings (SSSR count). The number of rotatable bonds is 10. The maximum Gasteiger partial charge on any atom is 0.345 e. The third-order valence-electron chi connectivity index (χ3n) is 3.06. The molecule has 0 heterocycles. The van der Waals surface area contributed by atoms with Crippen LogP contribution in [0.25, 0.3) is 0 Å². The number of benzene rings is 1. The summed E-state index contributed by atoms with van der Waals surface area (Å²) in [5, 5.41) is 1.34. The maximum atomic E-state index is 11.8. The molecule has 0 fully saturated rings. The Morgan fingerprint density at radius 1 is 1.08 bits per heavy atom. The Balaban J connectivity index is 2.39. The Labute approximate surface area is 155 Å². The van der Waals surface area contributed by atoms with Crippen LogP contribution < -0.4 is 5.73 Å². The Morgan fingerprint density at radius 2 is 1.68 bits per heavy atom. The fraction of sp³-hybridized carbons (Fsp3) is 0.438. The topological polar surface area (TPSA) is 98.9 Å². The molecule has 138 valence electrons. The molecule has 7 nitrogen and oxygen atoms in total. The highest BCUT2D eigenvalue weighted by Crippen LogP contribution is 2.06. The summed E-state index contributed by atoms with van der Waals surface area (Å²) in [6, 6.07) is 6.93. The number of alkyl halides is 2. The average Bonchev–Trinajstić information content (AvgIpc) is 2.60. The second kappa shape index (κ2) is 11.8. The van der Waals surface area contributed by atoms with E-state index in [9.17, 15) is 14.4 Å². The van der Waals surface area contributed by atoms with Gasteiger partial charge in [-0.25, -0.2) is 9.59 Å². The van der Waals surface area contributed by atoms with Gasteiger partial charge in [0.05, 0.1) is 5.56 Å². The minimum Gasteiger partial charge on any atom is -0.388 e. The highest BCUT2D eigenvalue weighted by atomic mass is 35.5. The summed E-state index contributed by atoms with van der Waals surface area (Å²) >= 11 is 11.2. The van der Waals surface area contributed by atoms with Gasteiger partial charge in [-0.1, -0.05) is 18.2 Å². The summed E-state index contributed by atoms with van der Waals surface area (Å²) in [5.74, 6) is -1.72. The van der Waals surface area contributed by atoms with Gasteiger partial charge in [-0.05, 0) is 18.6 Å². The van der Waals surface area contributed by atoms with Crippen molar-refractivity contribution in [3.8, 4) is 0 Å². The summed E-state index contributed by atoms with van der Waals surface area (Å²) in [4.78, 5) is 40.4. The fourth-order valence-corrected chi connectivity index (χ4v) is 2.15. The summed E-state index contributed by atoms with van der Waals surface area (Å²) in [7, 11) is 0. The molecule has 0 unspecified atom stereocenters. The highest BCUT2D eigenvalue weighted by Gasteiger charge is 2.21. The van der Waals surface area contributed by atoms with Crippen LogP contribution in [0.1, 0.15) is 23.2 Å². The lowest BCUT2D eigenvalue weighted by Crippen LogP contribution is -2.35. The van der Waals surface area contributed by atoms with E-state index >= 15 is 0 Å². The van der Waals surface area contributed by atoms with E-state index in [0.29, 0.717) is 13.1 Å². The van der Waals surface area contributed by atoms with E-state index in [0.717, 1.165) is 0 Å². The molecule has 1 aromatic rings. The van der Waals surface area contributed by atoms with Gasteiger partial charge in [0.2, 0.25) is 0 Å². The Kier molecular flexibility index (Phi) is 10.1. The van der Waals surface area contributed by atoms with Crippen LogP contribution in [-0.2, 0) is 19.2 Å². The van der Waals surface area contributed by atoms with Crippen LogP contribution in [0.3, 0.4) is 0 Å². The second-order valence-corrected chi connectivity index (χ2v) is 5.75. The molecule has 0 radical (unpaired) electrons. The molecule has 9 heteroatoms. The molecular formula is C16H20Cl2N2O5. The van der Waals surface area contributed by atoms with E-state index in [1.807, 2.05) is 0 Å². The van der Waals surface area contributed by atoms with Crippen LogP contribution in [0.5, 0.6) is 0 Å². The number of hydroxylamine groups is 2. The van der Waals surface area contributed by atoms with Gasteiger partial charge >= 0.3 is 17.9 Å². The predicted molar refractivity (Wildman–Crippen MR) is 93.2 cm³/mol. The number of hydrogen-bond donors (Lipinski definition) is 1. The summed E-state index contributed by atoms with van der Waals surface area (Å²) in [6.07, 6.45) is -0.133. The molecular weight excluding hydrogens is 371 g/mol. The number of nitrogens with zero attached hydrogens (tertiary/aromatic N) is 1. The molecule has 1 atom stereocenters. The SMILES string of the molecule is N[C@@H](CCC(=O)ON(CCCl)CCCl)C(=O)OC(=O)c1ccccc1. The first-order chi connectivity index (χ1) is 12.0. The van der Waals surface area contributed by atoms with Crippen molar-refractivity contribution in [3.05, 3.63) is 35.9 Å². The van der Waals surface area contributed by atoms with Gasteiger partial charge in [0.15, 0.2) is 0 Å². The van der Waals surface area contributed by atoms with Crippen molar-refractivity contribution in [2.45, 2.75) is 18.9 Å². The molecule has 1 aromatic carbocycles. The lowest BCUT2D eigenvalue weighted by atomic mass is 10.1. The Bertz CT molecular complexity index is 565. The number of esters is 2. The van der Waals surface area contributed by atoms with Crippen molar-refractivity contribution < 1.29 is 24.0 Å². The third-order valence-corrected chi connectivity index (χ3v) is 3.40. The quantitative estimate of drug-likeness (QED) is 0.281. The highest BCUT2D eigenvalue weighted by molar-refractivity contribution is 6.18. The van der Waals surface area contributed by atoms with Crippen molar-refractivity contribution in [1.82, 2.24) is 5.06 Å². The number of halogens is 2. The number of carbonyl (C=O) groups excluding carboxylic acids is 3. The smallest absolute Gasteiger partial charge is 0.345 e. The first-order valence-electron chi connectivity index (χ1n) is 7.62. The number of hydrogen-bond acceptors (Lipinski definition) is 7. The fourth-order valence-electron chi connectivity index (χ4n) is 1.77. The van der Waals surface area contributed by atoms with Gasteiger partial charge < -0.3 is 15.3 Å². The standard InChI is InChI=1S/C16H20Cl2N2O5/c17-8-10-20(11-9-18)25-14(21)7-6-13(19)16(23)24-15(22)12-4-2-1-3-5-12/h1-5,13H,6-11,19H2/t13-/m0/s1. The molecule has 0 aliphatic carbocycles. The van der Waals surface area contributed by atoms with Crippen LogP contribution in [0.4, 0.5) is 0 Å². The van der Waals surface area contributed by atoms with Crippen LogP contribution >= 0.6 is 23.2 Å². The van der Waals surface area contributed by atoms with Crippen LogP contribution in [0, 0.1) is 0 Å². The van der Waals surface area contributed by atoms with Gasteiger partial charge in [0.1, 0.15) is 6.04 Å². The summed E-state index contributed by atoms with van der Waals surface area (Å²) in [5.41, 5.74) is 5.89. The van der Waals surface area contributed by atoms with E-state index < -0.39 is 23.9 Å². The van der Waals surface area contributed by atoms with Crippen LogP contribution in [-0.4, -0.2) is 53.9 Å². The van der Waals surface area contributed by atoms with Crippen molar-refractivity contribution in [2.75, 3.05) is 24.8 Å². The minimum atomic E-state index is -1.12. The second-order valence-electron chi connectivity index (χ2n) is 4.99. The molecule has 0 aliphatic rings. The molecule has 0 bridgehead atoms. The van der Waals surface area contributed by atoms with Crippen LogP contribution in [0.2, 0.25) is 0 Å². The van der Waals surface area contributed by atoms with Crippen molar-refractivity contribution >= 4 is 41.1 Å². The molecule has 0 saturated carbocycles. The zero-order chi connectivity index (χ0) is 18.7. The van der Waals surface area contributed by atoms with Crippen LogP contribution in [0.15, 0.2) is 30.3 Å². The minimum absolute atomic E-state index is 0.0185. The summed E-state index contributed by atoms with van der Waals surface area (Å²) in [6.45, 7) is 0.666. The molecule has 0 amide bonds. The zero-order valence-electron chi connectivity index (χ0n) is 13.5. The molecule has 0 aromatic heterocycles. The van der Waals surface area contributed by atoms with E-state index in [4.69, 9.17) is 33.8 Å². The van der Waals surface area contributed by atoms with E-state index in [1.54, 1.807) is 18.2 Å². The molecule has 0 saturated heterocycles. The summed E-state index contributed by atoms with van der Waals surface area (Å²) < 4.78 is 4.69. The number of ether oxygens (including phenoxy) is 1. The van der Waals surface area contributed by atoms with Gasteiger partial charge in [0, 0.05) is 31.3 Å². The van der Waals surface area contributed by atoms with Crippen molar-refractivity contribution in [1.29, 1.82) is 0 Å². The van der Waals surface area contributed by atoms with E-state index in [-0.39, 0.29) is 30.2 Å². The van der Waals surface area contributed by atoms with Crippen molar-refractivity contribution in [2.24, 2.45) is 5.73 Å². The van der Waals surface area contributed by atoms with Crippen molar-refractivity contribution in [3.63, 3.8) is 0 Å². The van der Waals surface area contributed by atoms with Gasteiger partial charge in [0.25, 0.3) is 0 Å². The monoisotopic (exact) mass is 390 g/mol. The Morgan fingerprint density at radius 3 is 2.24 bits per heavy atom. The predicted octanol–water partition coefficient (Wildman–Crippen LogP) is 1.72. The lowest BCUT2D eigenvalue weighted by molar-refractivity contribution is -0.188. The lowest BCUT2D eigenvalue weighted by Gasteiger charge is -2.19.